The van der Waals surface area contributed by atoms with Crippen molar-refractivity contribution in [1.29, 1.82) is 0 Å². The van der Waals surface area contributed by atoms with Crippen molar-refractivity contribution in [2.45, 2.75) is 18.9 Å². The quantitative estimate of drug-likeness (QED) is 0.609. The molecular weight excluding hydrogens is 186 g/mol. The van der Waals surface area contributed by atoms with Crippen molar-refractivity contribution in [3.8, 4) is 12.3 Å². The van der Waals surface area contributed by atoms with Crippen LogP contribution in [0.15, 0.2) is 0 Å². The zero-order chi connectivity index (χ0) is 9.90. The molecule has 0 amide bonds. The highest BCUT2D eigenvalue weighted by molar-refractivity contribution is 7.91. The Kier molecular flexibility index (Phi) is 3.34. The van der Waals surface area contributed by atoms with Gasteiger partial charge in [-0.05, 0) is 13.5 Å². The molecule has 0 aromatic rings. The minimum absolute atomic E-state index is 0.179. The third-order valence-electron chi connectivity index (χ3n) is 2.44. The summed E-state index contributed by atoms with van der Waals surface area (Å²) in [6.45, 7) is 0.788. The summed E-state index contributed by atoms with van der Waals surface area (Å²) in [7, 11) is -0.825. The van der Waals surface area contributed by atoms with Gasteiger partial charge in [-0.25, -0.2) is 8.42 Å². The van der Waals surface area contributed by atoms with E-state index >= 15 is 0 Å². The zero-order valence-corrected chi connectivity index (χ0v) is 8.68. The maximum absolute atomic E-state index is 11.2. The average molecular weight is 201 g/mol. The second kappa shape index (κ2) is 4.12. The maximum Gasteiger partial charge on any atom is 0.151 e. The Morgan fingerprint density at radius 1 is 1.62 bits per heavy atom. The van der Waals surface area contributed by atoms with Crippen molar-refractivity contribution >= 4 is 9.84 Å². The van der Waals surface area contributed by atoms with Gasteiger partial charge in [0.1, 0.15) is 0 Å². The first-order valence-corrected chi connectivity index (χ1v) is 6.21. The number of nitrogens with zero attached hydrogens (tertiary/aromatic N) is 1. The van der Waals surface area contributed by atoms with Gasteiger partial charge in [0.25, 0.3) is 0 Å². The van der Waals surface area contributed by atoms with E-state index < -0.39 is 9.84 Å². The maximum atomic E-state index is 11.2. The first-order chi connectivity index (χ1) is 6.05. The SMILES string of the molecule is C#CCCN(C)C1CCS(=O)(=O)C1. The lowest BCUT2D eigenvalue weighted by Crippen LogP contribution is -2.33. The molecule has 0 aromatic heterocycles. The zero-order valence-electron chi connectivity index (χ0n) is 7.86. The predicted molar refractivity (Wildman–Crippen MR) is 53.1 cm³/mol. The summed E-state index contributed by atoms with van der Waals surface area (Å²) >= 11 is 0. The highest BCUT2D eigenvalue weighted by Crippen LogP contribution is 2.16. The molecule has 1 atom stereocenters. The number of hydrogen-bond donors (Lipinski definition) is 0. The van der Waals surface area contributed by atoms with Gasteiger partial charge < -0.3 is 4.90 Å². The van der Waals surface area contributed by atoms with E-state index in [1.165, 1.54) is 0 Å². The molecule has 0 aliphatic carbocycles. The van der Waals surface area contributed by atoms with Crippen molar-refractivity contribution in [3.05, 3.63) is 0 Å². The van der Waals surface area contributed by atoms with Gasteiger partial charge in [0, 0.05) is 19.0 Å². The summed E-state index contributed by atoms with van der Waals surface area (Å²) in [6, 6.07) is 0.179. The van der Waals surface area contributed by atoms with Crippen molar-refractivity contribution in [1.82, 2.24) is 4.90 Å². The Morgan fingerprint density at radius 3 is 2.77 bits per heavy atom. The van der Waals surface area contributed by atoms with Crippen LogP contribution in [0.5, 0.6) is 0 Å². The monoisotopic (exact) mass is 201 g/mol. The van der Waals surface area contributed by atoms with Crippen LogP contribution in [0, 0.1) is 12.3 Å². The van der Waals surface area contributed by atoms with Gasteiger partial charge in [-0.3, -0.25) is 0 Å². The van der Waals surface area contributed by atoms with E-state index in [1.54, 1.807) is 0 Å². The first-order valence-electron chi connectivity index (χ1n) is 4.39. The minimum atomic E-state index is -2.76. The van der Waals surface area contributed by atoms with Gasteiger partial charge in [-0.2, -0.15) is 0 Å². The molecule has 0 saturated carbocycles. The molecule has 0 spiro atoms. The summed E-state index contributed by atoms with van der Waals surface area (Å²) in [5.74, 6) is 3.18. The topological polar surface area (TPSA) is 37.4 Å². The molecule has 1 fully saturated rings. The van der Waals surface area contributed by atoms with E-state index in [-0.39, 0.29) is 6.04 Å². The van der Waals surface area contributed by atoms with E-state index in [9.17, 15) is 8.42 Å². The van der Waals surface area contributed by atoms with E-state index in [4.69, 9.17) is 6.42 Å². The summed E-state index contributed by atoms with van der Waals surface area (Å²) in [5, 5.41) is 0. The fraction of sp³-hybridized carbons (Fsp3) is 0.778. The number of rotatable bonds is 3. The Morgan fingerprint density at radius 2 is 2.31 bits per heavy atom. The minimum Gasteiger partial charge on any atom is -0.301 e. The summed E-state index contributed by atoms with van der Waals surface area (Å²) in [4.78, 5) is 2.05. The standard InChI is InChI=1S/C9H15NO2S/c1-3-4-6-10(2)9-5-7-13(11,12)8-9/h1,9H,4-8H2,2H3. The molecular formula is C9H15NO2S. The summed E-state index contributed by atoms with van der Waals surface area (Å²) in [5.41, 5.74) is 0. The van der Waals surface area contributed by atoms with Crippen LogP contribution in [0.3, 0.4) is 0 Å². The summed E-state index contributed by atoms with van der Waals surface area (Å²) in [6.07, 6.45) is 6.57. The van der Waals surface area contributed by atoms with E-state index in [2.05, 4.69) is 5.92 Å². The molecule has 0 aromatic carbocycles. The second-order valence-corrected chi connectivity index (χ2v) is 5.72. The van der Waals surface area contributed by atoms with Gasteiger partial charge in [0.15, 0.2) is 9.84 Å². The molecule has 13 heavy (non-hydrogen) atoms. The van der Waals surface area contributed by atoms with Gasteiger partial charge in [0.2, 0.25) is 0 Å². The van der Waals surface area contributed by atoms with Crippen molar-refractivity contribution < 1.29 is 8.42 Å². The van der Waals surface area contributed by atoms with Crippen LogP contribution in [0.1, 0.15) is 12.8 Å². The molecule has 74 valence electrons. The third kappa shape index (κ3) is 3.02. The van der Waals surface area contributed by atoms with E-state index in [0.717, 1.165) is 13.0 Å². The van der Waals surface area contributed by atoms with Gasteiger partial charge in [-0.1, -0.05) is 0 Å². The highest BCUT2D eigenvalue weighted by Gasteiger charge is 2.29. The third-order valence-corrected chi connectivity index (χ3v) is 4.19. The van der Waals surface area contributed by atoms with Crippen LogP contribution in [0.4, 0.5) is 0 Å². The molecule has 0 bridgehead atoms. The van der Waals surface area contributed by atoms with Crippen LogP contribution >= 0.6 is 0 Å². The fourth-order valence-electron chi connectivity index (χ4n) is 1.55. The first kappa shape index (κ1) is 10.6. The van der Waals surface area contributed by atoms with E-state index in [1.807, 2.05) is 11.9 Å². The number of sulfone groups is 1. The largest absolute Gasteiger partial charge is 0.301 e. The second-order valence-electron chi connectivity index (χ2n) is 3.49. The predicted octanol–water partition coefficient (Wildman–Crippen LogP) is 0.129. The van der Waals surface area contributed by atoms with Crippen molar-refractivity contribution in [3.63, 3.8) is 0 Å². The number of hydrogen-bond acceptors (Lipinski definition) is 3. The van der Waals surface area contributed by atoms with Crippen molar-refractivity contribution in [2.24, 2.45) is 0 Å². The summed E-state index contributed by atoms with van der Waals surface area (Å²) < 4.78 is 22.3. The molecule has 4 heteroatoms. The number of terminal acetylenes is 1. The Balaban J connectivity index is 2.43. The smallest absolute Gasteiger partial charge is 0.151 e. The molecule has 0 radical (unpaired) electrons. The lowest BCUT2D eigenvalue weighted by atomic mass is 10.2. The molecule has 1 aliphatic rings. The van der Waals surface area contributed by atoms with Gasteiger partial charge in [0.05, 0.1) is 11.5 Å². The Bertz CT molecular complexity index is 302. The molecule has 1 heterocycles. The molecule has 0 N–H and O–H groups in total. The lowest BCUT2D eigenvalue weighted by Gasteiger charge is -2.21. The van der Waals surface area contributed by atoms with Gasteiger partial charge in [-0.15, -0.1) is 12.3 Å². The average Bonchev–Trinajstić information content (AvgIpc) is 2.42. The Labute approximate surface area is 80.0 Å². The van der Waals surface area contributed by atoms with Crippen LogP contribution < -0.4 is 0 Å². The molecule has 1 unspecified atom stereocenters. The van der Waals surface area contributed by atoms with Crippen LogP contribution in [-0.2, 0) is 9.84 Å². The van der Waals surface area contributed by atoms with Crippen LogP contribution in [0.25, 0.3) is 0 Å². The Hall–Kier alpha value is -0.530. The van der Waals surface area contributed by atoms with Crippen LogP contribution in [-0.4, -0.2) is 44.5 Å². The molecule has 1 saturated heterocycles. The molecule has 1 aliphatic heterocycles. The van der Waals surface area contributed by atoms with Gasteiger partial charge >= 0.3 is 0 Å². The molecule has 3 nitrogen and oxygen atoms in total. The fourth-order valence-corrected chi connectivity index (χ4v) is 3.35. The van der Waals surface area contributed by atoms with E-state index in [0.29, 0.717) is 17.9 Å². The van der Waals surface area contributed by atoms with Crippen LogP contribution in [0.2, 0.25) is 0 Å². The molecule has 1 rings (SSSR count). The lowest BCUT2D eigenvalue weighted by molar-refractivity contribution is 0.268. The highest BCUT2D eigenvalue weighted by atomic mass is 32.2. The van der Waals surface area contributed by atoms with Crippen molar-refractivity contribution in [2.75, 3.05) is 25.1 Å². The normalized spacial score (nSPS) is 26.1.